The van der Waals surface area contributed by atoms with Gasteiger partial charge in [0.2, 0.25) is 0 Å². The Morgan fingerprint density at radius 1 is 1.29 bits per heavy atom. The Balaban J connectivity index is 2.29. The fourth-order valence-corrected chi connectivity index (χ4v) is 4.74. The Morgan fingerprint density at radius 2 is 2.00 bits per heavy atom. The SMILES string of the molecule is COc1ccc(Cl)cc1CN(C)S(=O)(=O)c1ccc(C)s1. The number of aryl methyl sites for hydroxylation is 1. The van der Waals surface area contributed by atoms with Crippen molar-refractivity contribution in [3.8, 4) is 5.75 Å². The van der Waals surface area contributed by atoms with E-state index in [0.29, 0.717) is 15.0 Å². The molecule has 1 heterocycles. The van der Waals surface area contributed by atoms with Crippen LogP contribution in [0.1, 0.15) is 10.4 Å². The highest BCUT2D eigenvalue weighted by Gasteiger charge is 2.23. The Kier molecular flexibility index (Phi) is 4.93. The second-order valence-corrected chi connectivity index (χ2v) is 8.58. The van der Waals surface area contributed by atoms with E-state index in [9.17, 15) is 8.42 Å². The number of nitrogens with zero attached hydrogens (tertiary/aromatic N) is 1. The van der Waals surface area contributed by atoms with Crippen LogP contribution in [-0.2, 0) is 16.6 Å². The van der Waals surface area contributed by atoms with Gasteiger partial charge in [-0.05, 0) is 37.3 Å². The van der Waals surface area contributed by atoms with E-state index >= 15 is 0 Å². The van der Waals surface area contributed by atoms with Gasteiger partial charge in [-0.2, -0.15) is 4.31 Å². The first-order chi connectivity index (χ1) is 9.84. The highest BCUT2D eigenvalue weighted by atomic mass is 35.5. The lowest BCUT2D eigenvalue weighted by molar-refractivity contribution is 0.398. The largest absolute Gasteiger partial charge is 0.496 e. The van der Waals surface area contributed by atoms with Gasteiger partial charge in [0.25, 0.3) is 10.0 Å². The fourth-order valence-electron chi connectivity index (χ4n) is 1.90. The summed E-state index contributed by atoms with van der Waals surface area (Å²) in [6.07, 6.45) is 0. The molecule has 0 aliphatic rings. The molecule has 0 unspecified atom stereocenters. The van der Waals surface area contributed by atoms with Crippen molar-refractivity contribution in [1.82, 2.24) is 4.31 Å². The van der Waals surface area contributed by atoms with Crippen molar-refractivity contribution in [2.75, 3.05) is 14.2 Å². The standard InChI is InChI=1S/C14H16ClNO3S2/c1-10-4-7-14(20-10)21(17,18)16(2)9-11-8-12(15)5-6-13(11)19-3/h4-8H,9H2,1-3H3. The molecule has 0 aliphatic carbocycles. The lowest BCUT2D eigenvalue weighted by Gasteiger charge is -2.18. The third-order valence-corrected chi connectivity index (χ3v) is 6.52. The van der Waals surface area contributed by atoms with Gasteiger partial charge in [0, 0.05) is 29.1 Å². The molecule has 1 aromatic carbocycles. The Hall–Kier alpha value is -1.08. The second-order valence-electron chi connectivity index (χ2n) is 4.58. The zero-order valence-electron chi connectivity index (χ0n) is 12.0. The molecule has 7 heteroatoms. The van der Waals surface area contributed by atoms with Gasteiger partial charge >= 0.3 is 0 Å². The third-order valence-electron chi connectivity index (χ3n) is 3.02. The lowest BCUT2D eigenvalue weighted by Crippen LogP contribution is -2.26. The Morgan fingerprint density at radius 3 is 2.57 bits per heavy atom. The number of sulfonamides is 1. The van der Waals surface area contributed by atoms with E-state index in [1.807, 2.05) is 6.92 Å². The zero-order valence-corrected chi connectivity index (χ0v) is 14.3. The van der Waals surface area contributed by atoms with Crippen LogP contribution in [0.5, 0.6) is 5.75 Å². The first-order valence-electron chi connectivity index (χ1n) is 6.20. The quantitative estimate of drug-likeness (QED) is 0.832. The lowest BCUT2D eigenvalue weighted by atomic mass is 10.2. The summed E-state index contributed by atoms with van der Waals surface area (Å²) in [7, 11) is -0.409. The van der Waals surface area contributed by atoms with Gasteiger partial charge in [0.05, 0.1) is 7.11 Å². The summed E-state index contributed by atoms with van der Waals surface area (Å²) in [6.45, 7) is 2.08. The van der Waals surface area contributed by atoms with Crippen LogP contribution in [0.15, 0.2) is 34.5 Å². The minimum Gasteiger partial charge on any atom is -0.496 e. The number of rotatable bonds is 5. The van der Waals surface area contributed by atoms with Crippen molar-refractivity contribution in [2.45, 2.75) is 17.7 Å². The summed E-state index contributed by atoms with van der Waals surface area (Å²) in [6, 6.07) is 8.58. The number of ether oxygens (including phenoxy) is 1. The Bertz CT molecular complexity index is 740. The van der Waals surface area contributed by atoms with Crippen molar-refractivity contribution in [3.63, 3.8) is 0 Å². The average molecular weight is 346 g/mol. The molecule has 0 saturated carbocycles. The monoisotopic (exact) mass is 345 g/mol. The summed E-state index contributed by atoms with van der Waals surface area (Å²) in [5.74, 6) is 0.615. The van der Waals surface area contributed by atoms with Crippen LogP contribution in [0.3, 0.4) is 0 Å². The van der Waals surface area contributed by atoms with E-state index in [-0.39, 0.29) is 6.54 Å². The molecule has 0 N–H and O–H groups in total. The van der Waals surface area contributed by atoms with Gasteiger partial charge in [-0.1, -0.05) is 11.6 Å². The normalized spacial score (nSPS) is 11.9. The minimum atomic E-state index is -3.50. The van der Waals surface area contributed by atoms with Gasteiger partial charge in [0.15, 0.2) is 0 Å². The highest BCUT2D eigenvalue weighted by Crippen LogP contribution is 2.28. The van der Waals surface area contributed by atoms with E-state index in [0.717, 1.165) is 10.4 Å². The van der Waals surface area contributed by atoms with Gasteiger partial charge in [-0.25, -0.2) is 8.42 Å². The Labute approximate surface area is 134 Å². The van der Waals surface area contributed by atoms with E-state index in [1.54, 1.807) is 44.5 Å². The predicted molar refractivity (Wildman–Crippen MR) is 85.7 cm³/mol. The zero-order chi connectivity index (χ0) is 15.6. The molecule has 4 nitrogen and oxygen atoms in total. The molecule has 0 fully saturated rings. The van der Waals surface area contributed by atoms with Crippen LogP contribution in [0.4, 0.5) is 0 Å². The molecule has 1 aromatic heterocycles. The molecule has 114 valence electrons. The number of methoxy groups -OCH3 is 1. The molecule has 2 aromatic rings. The van der Waals surface area contributed by atoms with Crippen LogP contribution in [0, 0.1) is 6.92 Å². The summed E-state index contributed by atoms with van der Waals surface area (Å²) >= 11 is 7.23. The van der Waals surface area contributed by atoms with E-state index < -0.39 is 10.0 Å². The molecule has 0 radical (unpaired) electrons. The van der Waals surface area contributed by atoms with E-state index in [2.05, 4.69) is 0 Å². The fraction of sp³-hybridized carbons (Fsp3) is 0.286. The van der Waals surface area contributed by atoms with Gasteiger partial charge in [-0.15, -0.1) is 11.3 Å². The number of hydrogen-bond acceptors (Lipinski definition) is 4. The number of benzene rings is 1. The van der Waals surface area contributed by atoms with Crippen LogP contribution < -0.4 is 4.74 Å². The average Bonchev–Trinajstić information content (AvgIpc) is 2.86. The maximum absolute atomic E-state index is 12.5. The van der Waals surface area contributed by atoms with Crippen molar-refractivity contribution < 1.29 is 13.2 Å². The number of hydrogen-bond donors (Lipinski definition) is 0. The molecule has 21 heavy (non-hydrogen) atoms. The van der Waals surface area contributed by atoms with Crippen LogP contribution in [0.25, 0.3) is 0 Å². The molecule has 0 amide bonds. The second kappa shape index (κ2) is 6.36. The summed E-state index contributed by atoms with van der Waals surface area (Å²) in [4.78, 5) is 0.960. The summed E-state index contributed by atoms with van der Waals surface area (Å²) < 4.78 is 31.9. The molecule has 0 saturated heterocycles. The maximum Gasteiger partial charge on any atom is 0.252 e. The minimum absolute atomic E-state index is 0.197. The maximum atomic E-state index is 12.5. The number of thiophene rings is 1. The third kappa shape index (κ3) is 3.58. The van der Waals surface area contributed by atoms with Crippen molar-refractivity contribution in [3.05, 3.63) is 45.8 Å². The van der Waals surface area contributed by atoms with Gasteiger partial charge in [-0.3, -0.25) is 0 Å². The van der Waals surface area contributed by atoms with Crippen LogP contribution in [0.2, 0.25) is 5.02 Å². The van der Waals surface area contributed by atoms with Crippen molar-refractivity contribution in [2.24, 2.45) is 0 Å². The van der Waals surface area contributed by atoms with E-state index in [1.165, 1.54) is 15.6 Å². The smallest absolute Gasteiger partial charge is 0.252 e. The molecule has 0 aliphatic heterocycles. The predicted octanol–water partition coefficient (Wildman–Crippen LogP) is 3.54. The topological polar surface area (TPSA) is 46.6 Å². The van der Waals surface area contributed by atoms with Gasteiger partial charge < -0.3 is 4.74 Å². The first kappa shape index (κ1) is 16.3. The molecule has 0 spiro atoms. The summed E-state index contributed by atoms with van der Waals surface area (Å²) in [5.41, 5.74) is 0.726. The molecule has 0 bridgehead atoms. The van der Waals surface area contributed by atoms with Crippen molar-refractivity contribution >= 4 is 33.0 Å². The van der Waals surface area contributed by atoms with Gasteiger partial charge in [0.1, 0.15) is 9.96 Å². The molecule has 2 rings (SSSR count). The molecular formula is C14H16ClNO3S2. The number of halogens is 1. The van der Waals surface area contributed by atoms with Crippen LogP contribution >= 0.6 is 22.9 Å². The van der Waals surface area contributed by atoms with Crippen LogP contribution in [-0.4, -0.2) is 26.9 Å². The molecule has 0 atom stereocenters. The summed E-state index contributed by atoms with van der Waals surface area (Å²) in [5, 5.41) is 0.545. The first-order valence-corrected chi connectivity index (χ1v) is 8.83. The molecular weight excluding hydrogens is 330 g/mol. The van der Waals surface area contributed by atoms with E-state index in [4.69, 9.17) is 16.3 Å². The highest BCUT2D eigenvalue weighted by molar-refractivity contribution is 7.91. The van der Waals surface area contributed by atoms with Crippen molar-refractivity contribution in [1.29, 1.82) is 0 Å².